The van der Waals surface area contributed by atoms with Crippen molar-refractivity contribution >= 4 is 40.2 Å². The first kappa shape index (κ1) is 18.4. The van der Waals surface area contributed by atoms with E-state index in [0.29, 0.717) is 16.8 Å². The van der Waals surface area contributed by atoms with Gasteiger partial charge in [0.2, 0.25) is 5.91 Å². The first-order chi connectivity index (χ1) is 13.9. The summed E-state index contributed by atoms with van der Waals surface area (Å²) in [6.45, 7) is 1.49. The zero-order valence-electron chi connectivity index (χ0n) is 16.0. The summed E-state index contributed by atoms with van der Waals surface area (Å²) in [6.07, 6.45) is 0. The molecule has 0 radical (unpaired) electrons. The zero-order valence-corrected chi connectivity index (χ0v) is 16.0. The van der Waals surface area contributed by atoms with Crippen LogP contribution in [0.3, 0.4) is 0 Å². The molecule has 0 spiro atoms. The summed E-state index contributed by atoms with van der Waals surface area (Å²) in [6, 6.07) is 17.3. The van der Waals surface area contributed by atoms with Crippen LogP contribution in [0.4, 0.5) is 22.7 Å². The van der Waals surface area contributed by atoms with E-state index in [-0.39, 0.29) is 34.3 Å². The van der Waals surface area contributed by atoms with Gasteiger partial charge in [0.1, 0.15) is 0 Å². The predicted octanol–water partition coefficient (Wildman–Crippen LogP) is 3.77. The fourth-order valence-corrected chi connectivity index (χ4v) is 3.46. The highest BCUT2D eigenvalue weighted by Gasteiger charge is 2.33. The second-order valence-corrected chi connectivity index (χ2v) is 6.91. The smallest absolute Gasteiger partial charge is 0.223 e. The lowest BCUT2D eigenvalue weighted by atomic mass is 9.82. The summed E-state index contributed by atoms with van der Waals surface area (Å²) < 4.78 is 0. The van der Waals surface area contributed by atoms with E-state index in [1.165, 1.54) is 11.8 Å². The molecule has 0 aliphatic heterocycles. The summed E-state index contributed by atoms with van der Waals surface area (Å²) in [7, 11) is 1.70. The molecule has 3 aromatic carbocycles. The Hall–Kier alpha value is -3.93. The van der Waals surface area contributed by atoms with Crippen LogP contribution in [0.5, 0.6) is 0 Å². The molecule has 0 atom stereocenters. The van der Waals surface area contributed by atoms with Gasteiger partial charge in [-0.2, -0.15) is 0 Å². The number of nitrogens with one attached hydrogen (secondary N) is 1. The molecule has 1 aliphatic rings. The Kier molecular flexibility index (Phi) is 4.39. The number of carbonyl (C=O) groups is 3. The van der Waals surface area contributed by atoms with Gasteiger partial charge >= 0.3 is 0 Å². The third kappa shape index (κ3) is 3.04. The summed E-state index contributed by atoms with van der Waals surface area (Å²) in [5.74, 6) is -0.561. The van der Waals surface area contributed by atoms with Crippen molar-refractivity contribution < 1.29 is 14.4 Å². The average Bonchev–Trinajstić information content (AvgIpc) is 2.73. The number of amides is 1. The summed E-state index contributed by atoms with van der Waals surface area (Å²) in [5, 5.41) is 3.20. The minimum atomic E-state index is -0.255. The van der Waals surface area contributed by atoms with Crippen molar-refractivity contribution in [3.63, 3.8) is 0 Å². The normalized spacial score (nSPS) is 12.2. The predicted molar refractivity (Wildman–Crippen MR) is 113 cm³/mol. The fraction of sp³-hybridized carbons (Fsp3) is 0.0870. The van der Waals surface area contributed by atoms with Crippen LogP contribution in [0.25, 0.3) is 0 Å². The second-order valence-electron chi connectivity index (χ2n) is 6.91. The van der Waals surface area contributed by atoms with E-state index < -0.39 is 0 Å². The van der Waals surface area contributed by atoms with Crippen molar-refractivity contribution in [1.29, 1.82) is 0 Å². The highest BCUT2D eigenvalue weighted by atomic mass is 16.2. The Morgan fingerprint density at radius 1 is 0.862 bits per heavy atom. The number of nitrogens with zero attached hydrogens (tertiary/aromatic N) is 1. The van der Waals surface area contributed by atoms with E-state index in [2.05, 4.69) is 5.32 Å². The maximum Gasteiger partial charge on any atom is 0.223 e. The molecule has 6 nitrogen and oxygen atoms in total. The maximum absolute atomic E-state index is 13.1. The Labute approximate surface area is 167 Å². The molecule has 0 saturated heterocycles. The molecule has 144 valence electrons. The molecule has 0 unspecified atom stereocenters. The summed E-state index contributed by atoms with van der Waals surface area (Å²) in [5.41, 5.74) is 9.56. The molecular weight excluding hydrogens is 366 g/mol. The van der Waals surface area contributed by atoms with Crippen molar-refractivity contribution in [3.8, 4) is 0 Å². The maximum atomic E-state index is 13.1. The van der Waals surface area contributed by atoms with Crippen molar-refractivity contribution in [2.45, 2.75) is 6.92 Å². The minimum absolute atomic E-state index is 0.0684. The van der Waals surface area contributed by atoms with Crippen molar-refractivity contribution in [2.24, 2.45) is 0 Å². The molecule has 0 bridgehead atoms. The van der Waals surface area contributed by atoms with Gasteiger partial charge in [0.15, 0.2) is 11.6 Å². The molecule has 6 heteroatoms. The molecule has 4 rings (SSSR count). The van der Waals surface area contributed by atoms with Crippen LogP contribution in [0, 0.1) is 0 Å². The van der Waals surface area contributed by atoms with Gasteiger partial charge in [0.25, 0.3) is 0 Å². The summed E-state index contributed by atoms with van der Waals surface area (Å²) >= 11 is 0. The number of carbonyl (C=O) groups excluding carboxylic acids is 3. The molecule has 0 heterocycles. The Bertz CT molecular complexity index is 1170. The van der Waals surface area contributed by atoms with Gasteiger partial charge in [-0.05, 0) is 36.4 Å². The highest BCUT2D eigenvalue weighted by Crippen LogP contribution is 2.36. The number of ketones is 2. The summed E-state index contributed by atoms with van der Waals surface area (Å²) in [4.78, 5) is 39.2. The van der Waals surface area contributed by atoms with Gasteiger partial charge in [-0.15, -0.1) is 0 Å². The third-order valence-electron chi connectivity index (χ3n) is 5.11. The van der Waals surface area contributed by atoms with Gasteiger partial charge in [0, 0.05) is 42.2 Å². The van der Waals surface area contributed by atoms with Crippen molar-refractivity contribution in [1.82, 2.24) is 0 Å². The molecule has 0 saturated carbocycles. The third-order valence-corrected chi connectivity index (χ3v) is 5.11. The van der Waals surface area contributed by atoms with Gasteiger partial charge in [-0.1, -0.05) is 24.3 Å². The lowest BCUT2D eigenvalue weighted by Crippen LogP contribution is -2.23. The molecule has 1 aliphatic carbocycles. The SMILES string of the molecule is CC(=O)N(C)c1ccc(Nc2ccc(N)c3c2C(=O)c2ccccc2C3=O)cc1. The Morgan fingerprint density at radius 3 is 2.03 bits per heavy atom. The molecule has 3 N–H and O–H groups in total. The van der Waals surface area contributed by atoms with Crippen LogP contribution in [-0.2, 0) is 4.79 Å². The van der Waals surface area contributed by atoms with Gasteiger partial charge in [0.05, 0.1) is 16.8 Å². The number of anilines is 4. The van der Waals surface area contributed by atoms with E-state index in [1.54, 1.807) is 67.7 Å². The molecule has 29 heavy (non-hydrogen) atoms. The molecule has 0 fully saturated rings. The lowest BCUT2D eigenvalue weighted by molar-refractivity contribution is -0.116. The van der Waals surface area contributed by atoms with Gasteiger partial charge in [-0.25, -0.2) is 0 Å². The number of nitrogen functional groups attached to an aromatic ring is 1. The number of rotatable bonds is 3. The molecule has 1 amide bonds. The Balaban J connectivity index is 1.75. The highest BCUT2D eigenvalue weighted by molar-refractivity contribution is 6.31. The van der Waals surface area contributed by atoms with Crippen molar-refractivity contribution in [2.75, 3.05) is 23.0 Å². The van der Waals surface area contributed by atoms with Crippen LogP contribution in [-0.4, -0.2) is 24.5 Å². The van der Waals surface area contributed by atoms with Crippen LogP contribution < -0.4 is 16.0 Å². The zero-order chi connectivity index (χ0) is 20.7. The largest absolute Gasteiger partial charge is 0.398 e. The lowest BCUT2D eigenvalue weighted by Gasteiger charge is -2.22. The van der Waals surface area contributed by atoms with Crippen LogP contribution in [0.15, 0.2) is 60.7 Å². The van der Waals surface area contributed by atoms with Crippen LogP contribution in [0.2, 0.25) is 0 Å². The van der Waals surface area contributed by atoms with Crippen molar-refractivity contribution in [3.05, 3.63) is 82.9 Å². The second kappa shape index (κ2) is 6.91. The Morgan fingerprint density at radius 2 is 1.45 bits per heavy atom. The van der Waals surface area contributed by atoms with Crippen LogP contribution in [0.1, 0.15) is 38.8 Å². The molecule has 3 aromatic rings. The first-order valence-electron chi connectivity index (χ1n) is 9.10. The van der Waals surface area contributed by atoms with E-state index in [1.807, 2.05) is 0 Å². The number of hydrogen-bond acceptors (Lipinski definition) is 5. The van der Waals surface area contributed by atoms with E-state index >= 15 is 0 Å². The van der Waals surface area contributed by atoms with E-state index in [4.69, 9.17) is 5.73 Å². The van der Waals surface area contributed by atoms with Gasteiger partial charge in [-0.3, -0.25) is 14.4 Å². The first-order valence-corrected chi connectivity index (χ1v) is 9.10. The van der Waals surface area contributed by atoms with Gasteiger partial charge < -0.3 is 16.0 Å². The standard InChI is InChI=1S/C23H19N3O3/c1-13(27)26(2)15-9-7-14(8-10-15)25-19-12-11-18(24)20-21(19)23(29)17-6-4-3-5-16(17)22(20)28/h3-12,25H,24H2,1-2H3. The van der Waals surface area contributed by atoms with E-state index in [9.17, 15) is 14.4 Å². The quantitative estimate of drug-likeness (QED) is 0.524. The minimum Gasteiger partial charge on any atom is -0.398 e. The fourth-order valence-electron chi connectivity index (χ4n) is 3.46. The monoisotopic (exact) mass is 385 g/mol. The number of nitrogens with two attached hydrogens (primary N) is 1. The molecule has 0 aromatic heterocycles. The van der Waals surface area contributed by atoms with Crippen LogP contribution >= 0.6 is 0 Å². The topological polar surface area (TPSA) is 92.5 Å². The van der Waals surface area contributed by atoms with E-state index in [0.717, 1.165) is 11.4 Å². The molecular formula is C23H19N3O3. The number of hydrogen-bond donors (Lipinski definition) is 2. The number of benzene rings is 3. The number of fused-ring (bicyclic) bond motifs is 2. The average molecular weight is 385 g/mol.